The van der Waals surface area contributed by atoms with Gasteiger partial charge in [0.1, 0.15) is 5.69 Å². The number of pyridine rings is 1. The van der Waals surface area contributed by atoms with Gasteiger partial charge < -0.3 is 19.5 Å². The number of ether oxygens (including phenoxy) is 3. The summed E-state index contributed by atoms with van der Waals surface area (Å²) in [7, 11) is 2.42. The summed E-state index contributed by atoms with van der Waals surface area (Å²) in [6.45, 7) is 4.33. The minimum atomic E-state index is -1.72. The molecule has 0 aromatic carbocycles. The van der Waals surface area contributed by atoms with E-state index in [0.717, 1.165) is 12.8 Å². The second-order valence-electron chi connectivity index (χ2n) is 6.39. The van der Waals surface area contributed by atoms with Crippen LogP contribution < -0.4 is 5.32 Å². The molecule has 0 aliphatic heterocycles. The lowest BCUT2D eigenvalue weighted by molar-refractivity contribution is -0.163. The molecule has 156 valence electrons. The quantitative estimate of drug-likeness (QED) is 0.428. The molecule has 1 rings (SSSR count). The summed E-state index contributed by atoms with van der Waals surface area (Å²) in [4.78, 5) is 41.8. The van der Waals surface area contributed by atoms with Crippen molar-refractivity contribution in [1.82, 2.24) is 10.3 Å². The molecule has 2 unspecified atom stereocenters. The van der Waals surface area contributed by atoms with Gasteiger partial charge in [-0.05, 0) is 25.0 Å². The van der Waals surface area contributed by atoms with Crippen LogP contribution in [0.5, 0.6) is 0 Å². The van der Waals surface area contributed by atoms with Crippen LogP contribution in [0.15, 0.2) is 24.4 Å². The average Bonchev–Trinajstić information content (AvgIpc) is 2.72. The molecule has 1 N–H and O–H groups in total. The lowest BCUT2D eigenvalue weighted by Crippen LogP contribution is -2.64. The maximum Gasteiger partial charge on any atom is 0.334 e. The third-order valence-corrected chi connectivity index (χ3v) is 4.35. The van der Waals surface area contributed by atoms with Crippen molar-refractivity contribution < 1.29 is 28.6 Å². The van der Waals surface area contributed by atoms with Crippen LogP contribution in [0, 0.1) is 0 Å². The monoisotopic (exact) mass is 394 g/mol. The Morgan fingerprint density at radius 3 is 2.43 bits per heavy atom. The molecule has 1 heterocycles. The number of nitrogens with one attached hydrogen (secondary N) is 1. The lowest BCUT2D eigenvalue weighted by atomic mass is 9.85. The Morgan fingerprint density at radius 2 is 1.89 bits per heavy atom. The molecule has 1 amide bonds. The van der Waals surface area contributed by atoms with Gasteiger partial charge in [0.15, 0.2) is 5.54 Å². The van der Waals surface area contributed by atoms with Crippen molar-refractivity contribution in [1.29, 1.82) is 0 Å². The van der Waals surface area contributed by atoms with E-state index < -0.39 is 35.9 Å². The maximum atomic E-state index is 12.9. The molecule has 8 heteroatoms. The van der Waals surface area contributed by atoms with E-state index in [1.54, 1.807) is 12.1 Å². The van der Waals surface area contributed by atoms with Gasteiger partial charge in [-0.2, -0.15) is 0 Å². The zero-order valence-corrected chi connectivity index (χ0v) is 17.0. The fraction of sp³-hybridized carbons (Fsp3) is 0.600. The van der Waals surface area contributed by atoms with E-state index in [0.29, 0.717) is 19.4 Å². The van der Waals surface area contributed by atoms with E-state index in [4.69, 9.17) is 14.2 Å². The van der Waals surface area contributed by atoms with Crippen molar-refractivity contribution in [2.75, 3.05) is 20.8 Å². The Balaban J connectivity index is 3.34. The molecule has 28 heavy (non-hydrogen) atoms. The van der Waals surface area contributed by atoms with E-state index >= 15 is 0 Å². The third kappa shape index (κ3) is 6.30. The minimum absolute atomic E-state index is 0.115. The van der Waals surface area contributed by atoms with Gasteiger partial charge in [-0.3, -0.25) is 14.6 Å². The van der Waals surface area contributed by atoms with Crippen LogP contribution >= 0.6 is 0 Å². The fourth-order valence-corrected chi connectivity index (χ4v) is 2.84. The topological polar surface area (TPSA) is 104 Å². The Labute approximate surface area is 166 Å². The molecule has 0 saturated heterocycles. The number of rotatable bonds is 12. The van der Waals surface area contributed by atoms with Gasteiger partial charge in [0.2, 0.25) is 0 Å². The van der Waals surface area contributed by atoms with Crippen molar-refractivity contribution in [3.63, 3.8) is 0 Å². The van der Waals surface area contributed by atoms with E-state index in [2.05, 4.69) is 10.3 Å². The highest BCUT2D eigenvalue weighted by Crippen LogP contribution is 2.26. The summed E-state index contributed by atoms with van der Waals surface area (Å²) in [5.41, 5.74) is -1.61. The fourth-order valence-electron chi connectivity index (χ4n) is 2.84. The first kappa shape index (κ1) is 23.6. The number of unbranched alkanes of at least 4 members (excludes halogenated alkanes) is 1. The number of carbonyl (C=O) groups is 3. The van der Waals surface area contributed by atoms with Gasteiger partial charge in [0, 0.05) is 12.8 Å². The van der Waals surface area contributed by atoms with Crippen LogP contribution in [0.3, 0.4) is 0 Å². The summed E-state index contributed by atoms with van der Waals surface area (Å²) >= 11 is 0. The predicted molar refractivity (Wildman–Crippen MR) is 103 cm³/mol. The minimum Gasteiger partial charge on any atom is -0.469 e. The molecule has 0 aliphatic carbocycles. The first-order valence-corrected chi connectivity index (χ1v) is 9.45. The van der Waals surface area contributed by atoms with Gasteiger partial charge in [-0.25, -0.2) is 4.79 Å². The number of carbonyl (C=O) groups excluding carboxylic acids is 3. The van der Waals surface area contributed by atoms with Crippen molar-refractivity contribution in [2.45, 2.75) is 57.6 Å². The highest BCUT2D eigenvalue weighted by Gasteiger charge is 2.51. The molecular formula is C20H30N2O6. The van der Waals surface area contributed by atoms with Gasteiger partial charge in [-0.1, -0.05) is 32.8 Å². The number of esters is 2. The second kappa shape index (κ2) is 12.1. The van der Waals surface area contributed by atoms with Gasteiger partial charge in [-0.15, -0.1) is 0 Å². The molecule has 0 aliphatic rings. The van der Waals surface area contributed by atoms with Crippen molar-refractivity contribution in [3.8, 4) is 0 Å². The normalized spacial score (nSPS) is 13.9. The average molecular weight is 394 g/mol. The highest BCUT2D eigenvalue weighted by atomic mass is 16.5. The van der Waals surface area contributed by atoms with E-state index in [1.807, 2.05) is 13.8 Å². The Bertz CT molecular complexity index is 637. The van der Waals surface area contributed by atoms with Gasteiger partial charge in [0.25, 0.3) is 5.91 Å². The first-order valence-electron chi connectivity index (χ1n) is 9.45. The number of hydrogen-bond donors (Lipinski definition) is 1. The number of aromatic nitrogens is 1. The number of hydrogen-bond acceptors (Lipinski definition) is 7. The molecule has 2 atom stereocenters. The predicted octanol–water partition coefficient (Wildman–Crippen LogP) is 2.27. The van der Waals surface area contributed by atoms with Crippen LogP contribution in [-0.4, -0.2) is 55.3 Å². The Kier molecular flexibility index (Phi) is 10.2. The van der Waals surface area contributed by atoms with E-state index in [-0.39, 0.29) is 5.69 Å². The molecule has 0 spiro atoms. The summed E-state index contributed by atoms with van der Waals surface area (Å²) in [5, 5.41) is 2.67. The molecule has 0 bridgehead atoms. The molecule has 1 aromatic heterocycles. The molecular weight excluding hydrogens is 364 g/mol. The number of amides is 1. The SMILES string of the molecule is CCCCOC(CCC)C(CC(=O)OC)(NC(=O)c1ccccn1)C(=O)OC. The third-order valence-electron chi connectivity index (χ3n) is 4.35. The Hall–Kier alpha value is -2.48. The van der Waals surface area contributed by atoms with Gasteiger partial charge >= 0.3 is 11.9 Å². The highest BCUT2D eigenvalue weighted by molar-refractivity contribution is 5.98. The maximum absolute atomic E-state index is 12.9. The summed E-state index contributed by atoms with van der Waals surface area (Å²) < 4.78 is 15.7. The molecule has 0 fully saturated rings. The van der Waals surface area contributed by atoms with Crippen LogP contribution in [0.25, 0.3) is 0 Å². The smallest absolute Gasteiger partial charge is 0.334 e. The molecule has 0 radical (unpaired) electrons. The summed E-state index contributed by atoms with van der Waals surface area (Å²) in [6.07, 6.45) is 3.10. The largest absolute Gasteiger partial charge is 0.469 e. The first-order chi connectivity index (χ1) is 13.4. The Morgan fingerprint density at radius 1 is 1.14 bits per heavy atom. The summed E-state index contributed by atoms with van der Waals surface area (Å²) in [5.74, 6) is -2.03. The lowest BCUT2D eigenvalue weighted by Gasteiger charge is -2.38. The molecule has 0 saturated carbocycles. The number of methoxy groups -OCH3 is 2. The van der Waals surface area contributed by atoms with Crippen molar-refractivity contribution >= 4 is 17.8 Å². The van der Waals surface area contributed by atoms with Crippen LogP contribution in [0.2, 0.25) is 0 Å². The van der Waals surface area contributed by atoms with Crippen LogP contribution in [0.1, 0.15) is 56.4 Å². The molecule has 8 nitrogen and oxygen atoms in total. The molecule has 1 aromatic rings. The van der Waals surface area contributed by atoms with Gasteiger partial charge in [0.05, 0.1) is 26.7 Å². The van der Waals surface area contributed by atoms with E-state index in [1.165, 1.54) is 26.5 Å². The summed E-state index contributed by atoms with van der Waals surface area (Å²) in [6, 6.07) is 4.85. The van der Waals surface area contributed by atoms with Crippen LogP contribution in [0.4, 0.5) is 0 Å². The van der Waals surface area contributed by atoms with Crippen molar-refractivity contribution in [3.05, 3.63) is 30.1 Å². The zero-order valence-electron chi connectivity index (χ0n) is 17.0. The number of nitrogens with zero attached hydrogens (tertiary/aromatic N) is 1. The van der Waals surface area contributed by atoms with Crippen molar-refractivity contribution in [2.24, 2.45) is 0 Å². The van der Waals surface area contributed by atoms with E-state index in [9.17, 15) is 14.4 Å². The zero-order chi connectivity index (χ0) is 21.0. The standard InChI is InChI=1S/C20H30N2O6/c1-5-7-13-28-16(10-6-2)20(19(25)27-4,14-17(23)26-3)22-18(24)15-11-8-9-12-21-15/h8-9,11-12,16H,5-7,10,13-14H2,1-4H3,(H,22,24). The second-order valence-corrected chi connectivity index (χ2v) is 6.39. The van der Waals surface area contributed by atoms with Crippen LogP contribution in [-0.2, 0) is 23.8 Å².